The van der Waals surface area contributed by atoms with Gasteiger partial charge < -0.3 is 0 Å². The van der Waals surface area contributed by atoms with Gasteiger partial charge in [-0.1, -0.05) is 19.1 Å². The highest BCUT2D eigenvalue weighted by Gasteiger charge is 2.33. The van der Waals surface area contributed by atoms with Gasteiger partial charge in [0.1, 0.15) is 9.79 Å². The molecule has 0 spiro atoms. The lowest BCUT2D eigenvalue weighted by Crippen LogP contribution is -2.30. The Balaban J connectivity index is 2.53. The summed E-state index contributed by atoms with van der Waals surface area (Å²) in [6.07, 6.45) is 0.775. The minimum absolute atomic E-state index is 0.244. The van der Waals surface area contributed by atoms with Crippen molar-refractivity contribution in [1.29, 1.82) is 0 Å². The van der Waals surface area contributed by atoms with Crippen LogP contribution < -0.4 is 5.14 Å². The van der Waals surface area contributed by atoms with Crippen LogP contribution >= 0.6 is 0 Å². The third-order valence-corrected chi connectivity index (χ3v) is 6.18. The Morgan fingerprint density at radius 2 is 1.74 bits per heavy atom. The molecule has 0 aliphatic carbocycles. The molecule has 1 saturated heterocycles. The van der Waals surface area contributed by atoms with Crippen LogP contribution in [0.2, 0.25) is 0 Å². The molecule has 1 aliphatic rings. The van der Waals surface area contributed by atoms with Gasteiger partial charge in [-0.3, -0.25) is 0 Å². The van der Waals surface area contributed by atoms with E-state index in [0.29, 0.717) is 13.1 Å². The Labute approximate surface area is 113 Å². The zero-order valence-electron chi connectivity index (χ0n) is 10.5. The predicted molar refractivity (Wildman–Crippen MR) is 70.4 cm³/mol. The molecule has 2 rings (SSSR count). The van der Waals surface area contributed by atoms with Crippen LogP contribution in [0.5, 0.6) is 0 Å². The zero-order valence-corrected chi connectivity index (χ0v) is 12.1. The molecule has 6 nitrogen and oxygen atoms in total. The SMILES string of the molecule is CC1CCN(S(=O)(=O)c2ccccc2S(N)(=O)=O)C1. The maximum Gasteiger partial charge on any atom is 0.244 e. The van der Waals surface area contributed by atoms with Crippen LogP contribution in [-0.2, 0) is 20.0 Å². The van der Waals surface area contributed by atoms with Gasteiger partial charge >= 0.3 is 0 Å². The van der Waals surface area contributed by atoms with Crippen LogP contribution in [0.1, 0.15) is 13.3 Å². The molecule has 19 heavy (non-hydrogen) atoms. The minimum atomic E-state index is -4.07. The van der Waals surface area contributed by atoms with Crippen LogP contribution in [0.15, 0.2) is 34.1 Å². The lowest BCUT2D eigenvalue weighted by molar-refractivity contribution is 0.462. The molecule has 1 unspecified atom stereocenters. The molecule has 1 heterocycles. The molecular formula is C11H16N2O4S2. The molecule has 0 bridgehead atoms. The fourth-order valence-corrected chi connectivity index (χ4v) is 5.08. The smallest absolute Gasteiger partial charge is 0.225 e. The maximum atomic E-state index is 12.5. The van der Waals surface area contributed by atoms with Gasteiger partial charge in [-0.2, -0.15) is 4.31 Å². The van der Waals surface area contributed by atoms with Crippen molar-refractivity contribution in [3.63, 3.8) is 0 Å². The van der Waals surface area contributed by atoms with E-state index in [2.05, 4.69) is 0 Å². The molecule has 106 valence electrons. The first-order chi connectivity index (χ1) is 8.73. The normalized spacial score (nSPS) is 21.7. The summed E-state index contributed by atoms with van der Waals surface area (Å²) in [4.78, 5) is -0.596. The molecule has 1 fully saturated rings. The number of primary sulfonamides is 1. The highest BCUT2D eigenvalue weighted by atomic mass is 32.2. The number of nitrogens with zero attached hydrogens (tertiary/aromatic N) is 1. The first-order valence-corrected chi connectivity index (χ1v) is 8.83. The molecule has 1 aliphatic heterocycles. The summed E-state index contributed by atoms with van der Waals surface area (Å²) < 4.78 is 49.2. The van der Waals surface area contributed by atoms with E-state index in [9.17, 15) is 16.8 Å². The Morgan fingerprint density at radius 3 is 2.21 bits per heavy atom. The summed E-state index contributed by atoms with van der Waals surface area (Å²) in [7, 11) is -7.88. The van der Waals surface area contributed by atoms with E-state index in [-0.39, 0.29) is 15.7 Å². The van der Waals surface area contributed by atoms with Crippen LogP contribution in [0.25, 0.3) is 0 Å². The quantitative estimate of drug-likeness (QED) is 0.872. The van der Waals surface area contributed by atoms with Crippen molar-refractivity contribution in [3.8, 4) is 0 Å². The maximum absolute atomic E-state index is 12.5. The van der Waals surface area contributed by atoms with Crippen molar-refractivity contribution in [2.24, 2.45) is 11.1 Å². The van der Waals surface area contributed by atoms with Crippen LogP contribution in [0, 0.1) is 5.92 Å². The highest BCUT2D eigenvalue weighted by Crippen LogP contribution is 2.27. The molecular weight excluding hydrogens is 288 g/mol. The summed E-state index contributed by atoms with van der Waals surface area (Å²) >= 11 is 0. The third kappa shape index (κ3) is 2.81. The standard InChI is InChI=1S/C11H16N2O4S2/c1-9-6-7-13(8-9)19(16,17)11-5-3-2-4-10(11)18(12,14)15/h2-5,9H,6-8H2,1H3,(H2,12,14,15). The van der Waals surface area contributed by atoms with Gasteiger partial charge in [0.05, 0.1) is 0 Å². The molecule has 1 aromatic rings. The average molecular weight is 304 g/mol. The van der Waals surface area contributed by atoms with Crippen molar-refractivity contribution in [2.75, 3.05) is 13.1 Å². The monoisotopic (exact) mass is 304 g/mol. The number of sulfonamides is 2. The van der Waals surface area contributed by atoms with Gasteiger partial charge in [0.25, 0.3) is 0 Å². The fourth-order valence-electron chi connectivity index (χ4n) is 2.15. The summed E-state index contributed by atoms with van der Waals surface area (Å²) in [6.45, 7) is 2.77. The molecule has 2 N–H and O–H groups in total. The van der Waals surface area contributed by atoms with Gasteiger partial charge in [0.15, 0.2) is 0 Å². The van der Waals surface area contributed by atoms with Crippen molar-refractivity contribution in [1.82, 2.24) is 4.31 Å². The van der Waals surface area contributed by atoms with E-state index in [0.717, 1.165) is 6.42 Å². The molecule has 0 radical (unpaired) electrons. The average Bonchev–Trinajstić information content (AvgIpc) is 2.75. The molecule has 1 atom stereocenters. The first kappa shape index (κ1) is 14.4. The Bertz CT molecular complexity index is 682. The Morgan fingerprint density at radius 1 is 1.16 bits per heavy atom. The second-order valence-electron chi connectivity index (χ2n) is 4.75. The lowest BCUT2D eigenvalue weighted by Gasteiger charge is -2.17. The van der Waals surface area contributed by atoms with E-state index in [4.69, 9.17) is 5.14 Å². The second kappa shape index (κ2) is 4.86. The van der Waals surface area contributed by atoms with Gasteiger partial charge in [0.2, 0.25) is 20.0 Å². The third-order valence-electron chi connectivity index (χ3n) is 3.16. The fraction of sp³-hybridized carbons (Fsp3) is 0.455. The minimum Gasteiger partial charge on any atom is -0.225 e. The van der Waals surface area contributed by atoms with Gasteiger partial charge in [-0.25, -0.2) is 22.0 Å². The molecule has 0 saturated carbocycles. The van der Waals surface area contributed by atoms with E-state index in [1.54, 1.807) is 0 Å². The summed E-state index contributed by atoms with van der Waals surface area (Å²) in [6, 6.07) is 5.42. The van der Waals surface area contributed by atoms with Crippen LogP contribution in [0.4, 0.5) is 0 Å². The van der Waals surface area contributed by atoms with Crippen molar-refractivity contribution in [2.45, 2.75) is 23.1 Å². The topological polar surface area (TPSA) is 97.5 Å². The van der Waals surface area contributed by atoms with Gasteiger partial charge in [-0.15, -0.1) is 0 Å². The van der Waals surface area contributed by atoms with Gasteiger partial charge in [0, 0.05) is 13.1 Å². The predicted octanol–water partition coefficient (Wildman–Crippen LogP) is 0.365. The van der Waals surface area contributed by atoms with Crippen molar-refractivity contribution in [3.05, 3.63) is 24.3 Å². The van der Waals surface area contributed by atoms with E-state index >= 15 is 0 Å². The summed E-state index contributed by atoms with van der Waals surface area (Å²) in [5, 5.41) is 5.07. The van der Waals surface area contributed by atoms with Gasteiger partial charge in [-0.05, 0) is 24.5 Å². The Kier molecular flexibility index (Phi) is 3.69. The van der Waals surface area contributed by atoms with E-state index in [1.165, 1.54) is 28.6 Å². The number of hydrogen-bond acceptors (Lipinski definition) is 4. The largest absolute Gasteiger partial charge is 0.244 e. The number of hydrogen-bond donors (Lipinski definition) is 1. The Hall–Kier alpha value is -0.960. The van der Waals surface area contributed by atoms with Crippen LogP contribution in [0.3, 0.4) is 0 Å². The zero-order chi connectivity index (χ0) is 14.3. The first-order valence-electron chi connectivity index (χ1n) is 5.85. The number of rotatable bonds is 3. The molecule has 0 amide bonds. The lowest BCUT2D eigenvalue weighted by atomic mass is 10.2. The molecule has 0 aromatic heterocycles. The van der Waals surface area contributed by atoms with E-state index < -0.39 is 20.0 Å². The second-order valence-corrected chi connectivity index (χ2v) is 8.18. The molecule has 1 aromatic carbocycles. The molecule has 8 heteroatoms. The van der Waals surface area contributed by atoms with Crippen molar-refractivity contribution >= 4 is 20.0 Å². The van der Waals surface area contributed by atoms with E-state index in [1.807, 2.05) is 6.92 Å². The summed E-state index contributed by atoms with van der Waals surface area (Å²) in [5.74, 6) is 0.274. The summed E-state index contributed by atoms with van der Waals surface area (Å²) in [5.41, 5.74) is 0. The number of nitrogens with two attached hydrogens (primary N) is 1. The highest BCUT2D eigenvalue weighted by molar-refractivity contribution is 7.92. The number of benzene rings is 1. The van der Waals surface area contributed by atoms with Crippen molar-refractivity contribution < 1.29 is 16.8 Å². The van der Waals surface area contributed by atoms with Crippen LogP contribution in [-0.4, -0.2) is 34.2 Å².